The zero-order chi connectivity index (χ0) is 35.2. The van der Waals surface area contributed by atoms with Crippen LogP contribution < -0.4 is 0 Å². The Morgan fingerprint density at radius 1 is 0.362 bits per heavy atom. The normalized spacial score (nSPS) is 14.2. The molecule has 0 bridgehead atoms. The summed E-state index contributed by atoms with van der Waals surface area (Å²) in [4.78, 5) is 0. The lowest BCUT2D eigenvalue weighted by atomic mass is 9.79. The Morgan fingerprint density at radius 3 is 1.19 bits per heavy atom. The molecule has 0 rings (SSSR count). The van der Waals surface area contributed by atoms with Crippen LogP contribution in [-0.4, -0.2) is 23.6 Å². The molecule has 0 aromatic rings. The maximum absolute atomic E-state index is 3.26. The molecule has 286 valence electrons. The average Bonchev–Trinajstić information content (AvgIpc) is 3.08. The van der Waals surface area contributed by atoms with Crippen molar-refractivity contribution in [2.75, 3.05) is 12.3 Å². The second kappa shape index (κ2) is 41.3. The predicted molar refractivity (Wildman–Crippen MR) is 229 cm³/mol. The number of hydrogen-bond donors (Lipinski definition) is 0. The van der Waals surface area contributed by atoms with Crippen molar-refractivity contribution >= 4 is 17.2 Å². The highest BCUT2D eigenvalue weighted by Crippen LogP contribution is 2.47. The van der Waals surface area contributed by atoms with Gasteiger partial charge in [-0.15, -0.1) is 17.2 Å². The summed E-state index contributed by atoms with van der Waals surface area (Å²) in [6, 6.07) is 0. The molecular formula is C45H96P2. The first-order chi connectivity index (χ1) is 23.0. The van der Waals surface area contributed by atoms with E-state index in [4.69, 9.17) is 0 Å². The first-order valence-electron chi connectivity index (χ1n) is 22.5. The van der Waals surface area contributed by atoms with Crippen LogP contribution in [0.3, 0.4) is 0 Å². The molecule has 0 radical (unpaired) electrons. The maximum atomic E-state index is 3.26. The van der Waals surface area contributed by atoms with Crippen LogP contribution in [0.5, 0.6) is 0 Å². The van der Waals surface area contributed by atoms with E-state index >= 15 is 0 Å². The Kier molecular flexibility index (Phi) is 43.9. The Labute approximate surface area is 306 Å². The van der Waals surface area contributed by atoms with Gasteiger partial charge >= 0.3 is 0 Å². The molecule has 0 aliphatic heterocycles. The van der Waals surface area contributed by atoms with Gasteiger partial charge in [-0.2, -0.15) is 0 Å². The third-order valence-corrected chi connectivity index (χ3v) is 15.4. The van der Waals surface area contributed by atoms with Crippen molar-refractivity contribution in [3.05, 3.63) is 0 Å². The van der Waals surface area contributed by atoms with Crippen LogP contribution in [0.15, 0.2) is 0 Å². The van der Waals surface area contributed by atoms with Crippen molar-refractivity contribution in [1.82, 2.24) is 0 Å². The zero-order valence-electron chi connectivity index (χ0n) is 34.7. The van der Waals surface area contributed by atoms with Gasteiger partial charge in [0.2, 0.25) is 0 Å². The molecule has 0 aromatic heterocycles. The van der Waals surface area contributed by atoms with Crippen molar-refractivity contribution in [3.63, 3.8) is 0 Å². The van der Waals surface area contributed by atoms with E-state index in [2.05, 4.69) is 64.6 Å². The Bertz CT molecular complexity index is 532. The highest BCUT2D eigenvalue weighted by molar-refractivity contribution is 7.58. The molecule has 0 aliphatic rings. The summed E-state index contributed by atoms with van der Waals surface area (Å²) < 4.78 is 0. The van der Waals surface area contributed by atoms with E-state index < -0.39 is 0 Å². The molecule has 0 heterocycles. The lowest BCUT2D eigenvalue weighted by molar-refractivity contribution is 0.258. The smallest absolute Gasteiger partial charge is 0.0212 e. The summed E-state index contributed by atoms with van der Waals surface area (Å²) >= 11 is 0. The summed E-state index contributed by atoms with van der Waals surface area (Å²) in [5, 5.41) is 0. The van der Waals surface area contributed by atoms with E-state index in [-0.39, 0.29) is 0 Å². The van der Waals surface area contributed by atoms with Crippen LogP contribution in [0.1, 0.15) is 254 Å². The molecule has 0 aromatic carbocycles. The van der Waals surface area contributed by atoms with Crippen molar-refractivity contribution in [2.24, 2.45) is 11.8 Å². The molecule has 0 saturated heterocycles. The van der Waals surface area contributed by atoms with Crippen LogP contribution in [0.2, 0.25) is 0 Å². The SMILES string of the molecule is CCCCCCCC(P)C(CCCCCC)C(CC)CCCC.CCCCCCCCP(CCCCCCCC)C(CC)CCCC. The average molecular weight is 699 g/mol. The fourth-order valence-electron chi connectivity index (χ4n) is 7.74. The van der Waals surface area contributed by atoms with Gasteiger partial charge in [0.05, 0.1) is 0 Å². The van der Waals surface area contributed by atoms with E-state index in [9.17, 15) is 0 Å². The van der Waals surface area contributed by atoms with Gasteiger partial charge in [0.15, 0.2) is 0 Å². The first-order valence-corrected chi connectivity index (χ1v) is 24.9. The fourth-order valence-corrected chi connectivity index (χ4v) is 11.8. The van der Waals surface area contributed by atoms with Gasteiger partial charge in [-0.3, -0.25) is 0 Å². The molecule has 0 amide bonds. The van der Waals surface area contributed by atoms with E-state index in [0.29, 0.717) is 7.92 Å². The van der Waals surface area contributed by atoms with Crippen LogP contribution in [-0.2, 0) is 0 Å². The lowest BCUT2D eigenvalue weighted by Gasteiger charge is -2.32. The van der Waals surface area contributed by atoms with Crippen LogP contribution in [0.4, 0.5) is 0 Å². The minimum Gasteiger partial charge on any atom is -0.134 e. The van der Waals surface area contributed by atoms with Gasteiger partial charge in [-0.25, -0.2) is 0 Å². The topological polar surface area (TPSA) is 0 Å². The van der Waals surface area contributed by atoms with Gasteiger partial charge in [-0.05, 0) is 74.0 Å². The lowest BCUT2D eigenvalue weighted by Crippen LogP contribution is -2.24. The molecule has 2 heteroatoms. The largest absolute Gasteiger partial charge is 0.134 e. The standard InChI is InChI=1S/C23H49P.C22H47P/c1-5-9-12-14-16-18-21-24(23(8-4)20-11-7-3)22-19-17-15-13-10-6-2;1-5-9-12-14-16-19-22(23)21(18-15-13-10-6-2)20(8-4)17-11-7-3/h23H,5-22H2,1-4H3;20-22H,5-19,23H2,1-4H3. The molecule has 0 fully saturated rings. The molecule has 47 heavy (non-hydrogen) atoms. The highest BCUT2D eigenvalue weighted by atomic mass is 31.1. The van der Waals surface area contributed by atoms with Gasteiger partial charge in [0.25, 0.3) is 0 Å². The third-order valence-electron chi connectivity index (χ3n) is 11.1. The summed E-state index contributed by atoms with van der Waals surface area (Å²) in [5.41, 5.74) is 1.94. The second-order valence-corrected chi connectivity index (χ2v) is 19.1. The van der Waals surface area contributed by atoms with Crippen LogP contribution >= 0.6 is 17.2 Å². The third kappa shape index (κ3) is 32.5. The predicted octanol–water partition coefficient (Wildman–Crippen LogP) is 17.6. The second-order valence-electron chi connectivity index (χ2n) is 15.5. The molecule has 5 atom stereocenters. The molecule has 5 unspecified atom stereocenters. The van der Waals surface area contributed by atoms with E-state index in [1.165, 1.54) is 199 Å². The van der Waals surface area contributed by atoms with Crippen molar-refractivity contribution in [1.29, 1.82) is 0 Å². The maximum Gasteiger partial charge on any atom is -0.0212 e. The van der Waals surface area contributed by atoms with Crippen molar-refractivity contribution in [3.8, 4) is 0 Å². The molecule has 0 saturated carbocycles. The van der Waals surface area contributed by atoms with Crippen LogP contribution in [0, 0.1) is 11.8 Å². The van der Waals surface area contributed by atoms with Gasteiger partial charge in [0.1, 0.15) is 0 Å². The number of unbranched alkanes of at least 4 members (excludes halogenated alkanes) is 19. The van der Waals surface area contributed by atoms with E-state index in [1.54, 1.807) is 12.3 Å². The minimum absolute atomic E-state index is 0.315. The monoisotopic (exact) mass is 699 g/mol. The molecule has 0 aliphatic carbocycles. The minimum atomic E-state index is 0.315. The van der Waals surface area contributed by atoms with Gasteiger partial charge in [-0.1, -0.05) is 216 Å². The first kappa shape index (κ1) is 50.0. The van der Waals surface area contributed by atoms with Gasteiger partial charge < -0.3 is 0 Å². The van der Waals surface area contributed by atoms with Crippen molar-refractivity contribution < 1.29 is 0 Å². The Hall–Kier alpha value is 0.860. The molecule has 0 nitrogen and oxygen atoms in total. The Morgan fingerprint density at radius 2 is 0.745 bits per heavy atom. The van der Waals surface area contributed by atoms with Gasteiger partial charge in [0, 0.05) is 0 Å². The van der Waals surface area contributed by atoms with Crippen LogP contribution in [0.25, 0.3) is 0 Å². The number of hydrogen-bond acceptors (Lipinski definition) is 0. The summed E-state index contributed by atoms with van der Waals surface area (Å²) in [6.07, 6.45) is 48.0. The highest BCUT2D eigenvalue weighted by Gasteiger charge is 2.25. The summed E-state index contributed by atoms with van der Waals surface area (Å²) in [5.74, 6) is 1.93. The number of rotatable bonds is 36. The van der Waals surface area contributed by atoms with E-state index in [0.717, 1.165) is 23.2 Å². The fraction of sp³-hybridized carbons (Fsp3) is 1.00. The van der Waals surface area contributed by atoms with E-state index in [1.807, 2.05) is 0 Å². The Balaban J connectivity index is 0. The zero-order valence-corrected chi connectivity index (χ0v) is 36.7. The van der Waals surface area contributed by atoms with Crippen molar-refractivity contribution in [2.45, 2.75) is 266 Å². The molecular weight excluding hydrogens is 602 g/mol. The quantitative estimate of drug-likeness (QED) is 0.0451. The summed E-state index contributed by atoms with van der Waals surface area (Å²) in [6.45, 7) is 18.9. The molecule has 0 spiro atoms. The summed E-state index contributed by atoms with van der Waals surface area (Å²) in [7, 11) is 3.57. The molecule has 0 N–H and O–H groups in total.